The summed E-state index contributed by atoms with van der Waals surface area (Å²) in [6.45, 7) is 0. The maximum absolute atomic E-state index is 6.18. The quantitative estimate of drug-likeness (QED) is 0.640. The Morgan fingerprint density at radius 3 is 2.80 bits per heavy atom. The van der Waals surface area contributed by atoms with Crippen LogP contribution in [0.1, 0.15) is 11.5 Å². The van der Waals surface area contributed by atoms with Crippen LogP contribution in [0.15, 0.2) is 60.7 Å². The smallest absolute Gasteiger partial charge is 0.148 e. The van der Waals surface area contributed by atoms with E-state index < -0.39 is 0 Å². The normalized spacial score (nSPS) is 23.0. The van der Waals surface area contributed by atoms with Crippen molar-refractivity contribution in [1.29, 1.82) is 0 Å². The molecule has 5 rings (SSSR count). The van der Waals surface area contributed by atoms with Crippen LogP contribution in [0.5, 0.6) is 5.75 Å². The first-order chi connectivity index (χ1) is 9.92. The van der Waals surface area contributed by atoms with Crippen LogP contribution in [0.2, 0.25) is 0 Å². The Balaban J connectivity index is 1.86. The Kier molecular flexibility index (Phi) is 1.83. The number of benzene rings is 2. The summed E-state index contributed by atoms with van der Waals surface area (Å²) in [7, 11) is 0. The molecule has 2 heteroatoms. The molecule has 0 amide bonds. The van der Waals surface area contributed by atoms with Crippen LogP contribution in [-0.2, 0) is 0 Å². The van der Waals surface area contributed by atoms with Crippen molar-refractivity contribution in [3.8, 4) is 5.75 Å². The van der Waals surface area contributed by atoms with E-state index in [9.17, 15) is 0 Å². The third kappa shape index (κ3) is 1.19. The summed E-state index contributed by atoms with van der Waals surface area (Å²) >= 11 is 0. The predicted octanol–water partition coefficient (Wildman–Crippen LogP) is 4.29. The fraction of sp³-hybridized carbons (Fsp3) is 0.111. The molecule has 2 aliphatic rings. The van der Waals surface area contributed by atoms with Gasteiger partial charge in [0.25, 0.3) is 0 Å². The van der Waals surface area contributed by atoms with Crippen molar-refractivity contribution in [2.45, 2.75) is 12.0 Å². The van der Waals surface area contributed by atoms with Crippen molar-refractivity contribution < 1.29 is 4.74 Å². The van der Waals surface area contributed by atoms with Crippen molar-refractivity contribution in [2.24, 2.45) is 0 Å². The maximum atomic E-state index is 6.18. The van der Waals surface area contributed by atoms with E-state index in [4.69, 9.17) is 4.74 Å². The number of fused-ring (bicyclic) bond motifs is 7. The molecule has 20 heavy (non-hydrogen) atoms. The van der Waals surface area contributed by atoms with E-state index >= 15 is 0 Å². The number of ether oxygens (including phenoxy) is 1. The molecule has 2 nitrogen and oxygen atoms in total. The molecular weight excluding hydrogens is 246 g/mol. The second-order valence-electron chi connectivity index (χ2n) is 5.46. The minimum Gasteiger partial charge on any atom is -0.483 e. The summed E-state index contributed by atoms with van der Waals surface area (Å²) in [4.78, 5) is 3.51. The van der Waals surface area contributed by atoms with Crippen LogP contribution in [0.25, 0.3) is 21.8 Å². The van der Waals surface area contributed by atoms with Crippen molar-refractivity contribution in [1.82, 2.24) is 4.98 Å². The van der Waals surface area contributed by atoms with Crippen LogP contribution >= 0.6 is 0 Å². The minimum absolute atomic E-state index is 0.145. The number of H-pyrrole nitrogens is 1. The highest BCUT2D eigenvalue weighted by atomic mass is 16.5. The van der Waals surface area contributed by atoms with Crippen LogP contribution in [0, 0.1) is 0 Å². The molecule has 2 unspecified atom stereocenters. The van der Waals surface area contributed by atoms with Crippen LogP contribution in [-0.4, -0.2) is 11.1 Å². The second kappa shape index (κ2) is 3.54. The van der Waals surface area contributed by atoms with Gasteiger partial charge in [0.2, 0.25) is 0 Å². The van der Waals surface area contributed by atoms with E-state index in [-0.39, 0.29) is 6.10 Å². The molecule has 1 aliphatic carbocycles. The topological polar surface area (TPSA) is 25.0 Å². The lowest BCUT2D eigenvalue weighted by Crippen LogP contribution is -2.15. The molecule has 0 saturated heterocycles. The summed E-state index contributed by atoms with van der Waals surface area (Å²) < 4.78 is 6.18. The van der Waals surface area contributed by atoms with E-state index in [0.29, 0.717) is 5.92 Å². The zero-order valence-corrected chi connectivity index (χ0v) is 10.8. The summed E-state index contributed by atoms with van der Waals surface area (Å²) in [6, 6.07) is 12.8. The van der Waals surface area contributed by atoms with Gasteiger partial charge in [-0.05, 0) is 12.1 Å². The first-order valence-corrected chi connectivity index (χ1v) is 6.97. The SMILES string of the molecule is C1=CC2Oc3c(ccc4c3[nH]c3ccccc34)C2C=C1. The van der Waals surface area contributed by atoms with Crippen molar-refractivity contribution in [3.05, 3.63) is 66.3 Å². The number of rotatable bonds is 0. The van der Waals surface area contributed by atoms with Gasteiger partial charge in [0.05, 0.1) is 5.52 Å². The molecule has 1 aromatic heterocycles. The molecule has 1 N–H and O–H groups in total. The van der Waals surface area contributed by atoms with Crippen molar-refractivity contribution >= 4 is 21.8 Å². The Morgan fingerprint density at radius 2 is 1.80 bits per heavy atom. The first kappa shape index (κ1) is 10.3. The number of hydrogen-bond donors (Lipinski definition) is 1. The molecule has 0 bridgehead atoms. The summed E-state index contributed by atoms with van der Waals surface area (Å²) in [5.41, 5.74) is 3.58. The fourth-order valence-corrected chi connectivity index (χ4v) is 3.41. The third-order valence-electron chi connectivity index (χ3n) is 4.36. The number of nitrogens with one attached hydrogen (secondary N) is 1. The third-order valence-corrected chi connectivity index (χ3v) is 4.36. The van der Waals surface area contributed by atoms with Crippen LogP contribution in [0.3, 0.4) is 0 Å². The molecule has 3 aromatic rings. The van der Waals surface area contributed by atoms with E-state index in [1.54, 1.807) is 0 Å². The lowest BCUT2D eigenvalue weighted by Gasteiger charge is -2.13. The zero-order valence-electron chi connectivity index (χ0n) is 10.8. The molecule has 0 fully saturated rings. The van der Waals surface area contributed by atoms with Gasteiger partial charge in [0, 0.05) is 27.8 Å². The number of aromatic amines is 1. The maximum Gasteiger partial charge on any atom is 0.148 e. The average molecular weight is 259 g/mol. The number of para-hydroxylation sites is 1. The molecule has 0 saturated carbocycles. The number of aromatic nitrogens is 1. The molecule has 2 aromatic carbocycles. The van der Waals surface area contributed by atoms with Gasteiger partial charge < -0.3 is 9.72 Å². The van der Waals surface area contributed by atoms with E-state index in [1.807, 2.05) is 0 Å². The Labute approximate surface area is 116 Å². The predicted molar refractivity (Wildman–Crippen MR) is 81.2 cm³/mol. The van der Waals surface area contributed by atoms with E-state index in [1.165, 1.54) is 21.9 Å². The van der Waals surface area contributed by atoms with Crippen molar-refractivity contribution in [3.63, 3.8) is 0 Å². The fourth-order valence-electron chi connectivity index (χ4n) is 3.41. The largest absolute Gasteiger partial charge is 0.483 e. The Hall–Kier alpha value is -2.48. The molecule has 2 heterocycles. The highest BCUT2D eigenvalue weighted by Crippen LogP contribution is 2.46. The lowest BCUT2D eigenvalue weighted by atomic mass is 9.91. The van der Waals surface area contributed by atoms with Gasteiger partial charge >= 0.3 is 0 Å². The van der Waals surface area contributed by atoms with Crippen LogP contribution < -0.4 is 4.74 Å². The first-order valence-electron chi connectivity index (χ1n) is 6.97. The second-order valence-corrected chi connectivity index (χ2v) is 5.46. The van der Waals surface area contributed by atoms with Gasteiger partial charge in [-0.1, -0.05) is 48.6 Å². The molecule has 96 valence electrons. The van der Waals surface area contributed by atoms with Crippen LogP contribution in [0.4, 0.5) is 0 Å². The lowest BCUT2D eigenvalue weighted by molar-refractivity contribution is 0.271. The van der Waals surface area contributed by atoms with Gasteiger partial charge in [-0.2, -0.15) is 0 Å². The standard InChI is InChI=1S/C18H13NO/c1-3-7-15-11(5-1)13-9-10-14-12-6-2-4-8-16(12)20-18(14)17(13)19-15/h1-10,12,16,19H. The van der Waals surface area contributed by atoms with Crippen molar-refractivity contribution in [2.75, 3.05) is 0 Å². The summed E-state index contributed by atoms with van der Waals surface area (Å²) in [5.74, 6) is 1.37. The molecule has 2 atom stereocenters. The Bertz CT molecular complexity index is 900. The number of allylic oxidation sites excluding steroid dienone is 2. The Morgan fingerprint density at radius 1 is 0.900 bits per heavy atom. The van der Waals surface area contributed by atoms with Gasteiger partial charge in [0.1, 0.15) is 11.9 Å². The highest BCUT2D eigenvalue weighted by molar-refractivity contribution is 6.09. The molecular formula is C18H13NO. The monoisotopic (exact) mass is 259 g/mol. The summed E-state index contributed by atoms with van der Waals surface area (Å²) in [5, 5.41) is 2.50. The zero-order chi connectivity index (χ0) is 13.1. The van der Waals surface area contributed by atoms with E-state index in [2.05, 4.69) is 65.7 Å². The number of hydrogen-bond acceptors (Lipinski definition) is 1. The minimum atomic E-state index is 0.145. The molecule has 0 radical (unpaired) electrons. The molecule has 0 spiro atoms. The van der Waals surface area contributed by atoms with E-state index in [0.717, 1.165) is 11.3 Å². The van der Waals surface area contributed by atoms with Gasteiger partial charge in [0.15, 0.2) is 0 Å². The molecule has 1 aliphatic heterocycles. The van der Waals surface area contributed by atoms with Gasteiger partial charge in [-0.25, -0.2) is 0 Å². The van der Waals surface area contributed by atoms with Gasteiger partial charge in [-0.3, -0.25) is 0 Å². The highest BCUT2D eigenvalue weighted by Gasteiger charge is 2.33. The van der Waals surface area contributed by atoms with Gasteiger partial charge in [-0.15, -0.1) is 0 Å². The summed E-state index contributed by atoms with van der Waals surface area (Å²) in [6.07, 6.45) is 8.68. The average Bonchev–Trinajstić information content (AvgIpc) is 3.05.